The minimum atomic E-state index is -0.0774. The van der Waals surface area contributed by atoms with E-state index in [-0.39, 0.29) is 11.6 Å². The number of aromatic nitrogens is 2. The third kappa shape index (κ3) is 3.71. The fourth-order valence-corrected chi connectivity index (χ4v) is 4.90. The van der Waals surface area contributed by atoms with Crippen LogP contribution in [0.3, 0.4) is 0 Å². The van der Waals surface area contributed by atoms with E-state index in [1.807, 2.05) is 61.1 Å². The number of nitrogens with zero attached hydrogens (tertiary/aromatic N) is 2. The maximum Gasteiger partial charge on any atom is 0.260 e. The topological polar surface area (TPSA) is 49.0 Å². The third-order valence-electron chi connectivity index (χ3n) is 4.65. The monoisotopic (exact) mass is 415 g/mol. The molecule has 7 heteroatoms. The Hall–Kier alpha value is -1.99. The molecule has 0 fully saturated rings. The van der Waals surface area contributed by atoms with Crippen LogP contribution in [0.2, 0.25) is 5.02 Å². The van der Waals surface area contributed by atoms with Gasteiger partial charge in [-0.3, -0.25) is 9.69 Å². The van der Waals surface area contributed by atoms with Crippen molar-refractivity contribution in [3.8, 4) is 10.4 Å². The highest BCUT2D eigenvalue weighted by Gasteiger charge is 2.19. The van der Waals surface area contributed by atoms with Crippen LogP contribution in [0, 0.1) is 0 Å². The van der Waals surface area contributed by atoms with Gasteiger partial charge in [0.1, 0.15) is 10.7 Å². The Labute approximate surface area is 170 Å². The van der Waals surface area contributed by atoms with E-state index in [1.165, 1.54) is 11.3 Å². The molecule has 0 aliphatic heterocycles. The second kappa shape index (κ2) is 7.56. The van der Waals surface area contributed by atoms with E-state index >= 15 is 0 Å². The molecule has 1 aromatic carbocycles. The minimum absolute atomic E-state index is 0.0231. The van der Waals surface area contributed by atoms with Crippen LogP contribution in [-0.2, 0) is 6.54 Å². The lowest BCUT2D eigenvalue weighted by atomic mass is 10.1. The molecular formula is C20H18ClN3OS2. The number of thiophene rings is 2. The van der Waals surface area contributed by atoms with Gasteiger partial charge in [-0.15, -0.1) is 22.7 Å². The summed E-state index contributed by atoms with van der Waals surface area (Å²) in [7, 11) is 2.02. The Kier molecular flexibility index (Phi) is 5.14. The summed E-state index contributed by atoms with van der Waals surface area (Å²) >= 11 is 9.10. The van der Waals surface area contributed by atoms with Crippen LogP contribution < -0.4 is 5.56 Å². The van der Waals surface area contributed by atoms with Crippen molar-refractivity contribution in [3.63, 3.8) is 0 Å². The average Bonchev–Trinajstić information content (AvgIpc) is 3.32. The van der Waals surface area contributed by atoms with Gasteiger partial charge in [-0.25, -0.2) is 4.98 Å². The first kappa shape index (κ1) is 18.4. The van der Waals surface area contributed by atoms with Crippen molar-refractivity contribution in [2.75, 3.05) is 7.05 Å². The molecule has 4 rings (SSSR count). The first-order valence-electron chi connectivity index (χ1n) is 8.53. The molecule has 0 amide bonds. The summed E-state index contributed by atoms with van der Waals surface area (Å²) in [6, 6.07) is 11.8. The van der Waals surface area contributed by atoms with E-state index < -0.39 is 0 Å². The second-order valence-electron chi connectivity index (χ2n) is 6.48. The molecule has 4 nitrogen and oxygen atoms in total. The summed E-state index contributed by atoms with van der Waals surface area (Å²) in [5.41, 5.74) is 2.05. The van der Waals surface area contributed by atoms with Crippen molar-refractivity contribution in [2.24, 2.45) is 0 Å². The number of rotatable bonds is 5. The Bertz CT molecular complexity index is 1120. The van der Waals surface area contributed by atoms with Gasteiger partial charge in [0, 0.05) is 27.4 Å². The molecule has 0 saturated heterocycles. The van der Waals surface area contributed by atoms with Crippen molar-refractivity contribution in [3.05, 3.63) is 73.9 Å². The lowest BCUT2D eigenvalue weighted by Crippen LogP contribution is -2.25. The van der Waals surface area contributed by atoms with Gasteiger partial charge in [0.2, 0.25) is 0 Å². The quantitative estimate of drug-likeness (QED) is 0.464. The zero-order valence-electron chi connectivity index (χ0n) is 14.9. The summed E-state index contributed by atoms with van der Waals surface area (Å²) in [6.07, 6.45) is 0. The van der Waals surface area contributed by atoms with E-state index in [9.17, 15) is 4.79 Å². The lowest BCUT2D eigenvalue weighted by Gasteiger charge is -2.24. The molecular weight excluding hydrogens is 398 g/mol. The van der Waals surface area contributed by atoms with Crippen LogP contribution in [0.15, 0.2) is 52.0 Å². The minimum Gasteiger partial charge on any atom is -0.309 e. The maximum atomic E-state index is 12.8. The second-order valence-corrected chi connectivity index (χ2v) is 8.72. The Balaban J connectivity index is 1.63. The van der Waals surface area contributed by atoms with E-state index in [2.05, 4.69) is 9.88 Å². The van der Waals surface area contributed by atoms with Crippen molar-refractivity contribution < 1.29 is 0 Å². The predicted octanol–water partition coefficient (Wildman–Crippen LogP) is 5.56. The number of nitrogens with one attached hydrogen (secondary N) is 1. The van der Waals surface area contributed by atoms with Crippen LogP contribution in [0.25, 0.3) is 20.7 Å². The number of hydrogen-bond acceptors (Lipinski definition) is 5. The summed E-state index contributed by atoms with van der Waals surface area (Å²) in [5.74, 6) is 0.684. The van der Waals surface area contributed by atoms with Crippen LogP contribution in [0.1, 0.15) is 24.4 Å². The fourth-order valence-electron chi connectivity index (χ4n) is 3.00. The molecule has 27 heavy (non-hydrogen) atoms. The molecule has 0 spiro atoms. The Morgan fingerprint density at radius 2 is 2.00 bits per heavy atom. The zero-order chi connectivity index (χ0) is 19.0. The molecule has 0 unspecified atom stereocenters. The lowest BCUT2D eigenvalue weighted by molar-refractivity contribution is 0.244. The standard InChI is InChI=1S/C20H18ClN3OS2/c1-12(24(2)10-13-5-7-14(21)8-6-13)18-22-19(25)17-15(11-27-20(17)23-18)16-4-3-9-26-16/h3-9,11-12H,10H2,1-2H3,(H,22,23,25)/t12-/m0/s1. The highest BCUT2D eigenvalue weighted by molar-refractivity contribution is 7.18. The van der Waals surface area contributed by atoms with Gasteiger partial charge in [-0.1, -0.05) is 29.8 Å². The normalized spacial score (nSPS) is 12.7. The molecule has 0 bridgehead atoms. The maximum absolute atomic E-state index is 12.8. The van der Waals surface area contributed by atoms with Crippen LogP contribution >= 0.6 is 34.3 Å². The summed E-state index contributed by atoms with van der Waals surface area (Å²) < 4.78 is 0. The molecule has 3 aromatic heterocycles. The van der Waals surface area contributed by atoms with E-state index in [0.717, 1.165) is 32.4 Å². The SMILES string of the molecule is C[C@@H](c1nc2scc(-c3cccs3)c2c(=O)[nH]1)N(C)Cc1ccc(Cl)cc1. The van der Waals surface area contributed by atoms with Crippen molar-refractivity contribution in [1.29, 1.82) is 0 Å². The van der Waals surface area contributed by atoms with Gasteiger partial charge in [0.15, 0.2) is 0 Å². The molecule has 1 atom stereocenters. The first-order chi connectivity index (χ1) is 13.0. The number of benzene rings is 1. The molecule has 138 valence electrons. The largest absolute Gasteiger partial charge is 0.309 e. The van der Waals surface area contributed by atoms with Gasteiger partial charge in [0.25, 0.3) is 5.56 Å². The molecule has 0 saturated carbocycles. The molecule has 0 aliphatic rings. The fraction of sp³-hybridized carbons (Fsp3) is 0.200. The average molecular weight is 416 g/mol. The summed E-state index contributed by atoms with van der Waals surface area (Å²) in [6.45, 7) is 2.79. The number of H-pyrrole nitrogens is 1. The highest BCUT2D eigenvalue weighted by atomic mass is 35.5. The van der Waals surface area contributed by atoms with Gasteiger partial charge in [0.05, 0.1) is 11.4 Å². The number of hydrogen-bond donors (Lipinski definition) is 1. The van der Waals surface area contributed by atoms with Gasteiger partial charge >= 0.3 is 0 Å². The smallest absolute Gasteiger partial charge is 0.260 e. The summed E-state index contributed by atoms with van der Waals surface area (Å²) in [5, 5.41) is 5.44. The first-order valence-corrected chi connectivity index (χ1v) is 10.7. The Morgan fingerprint density at radius 3 is 2.70 bits per heavy atom. The van der Waals surface area contributed by atoms with Crippen LogP contribution in [0.5, 0.6) is 0 Å². The molecule has 4 aromatic rings. The number of aromatic amines is 1. The van der Waals surface area contributed by atoms with Gasteiger partial charge in [-0.2, -0.15) is 0 Å². The van der Waals surface area contributed by atoms with Gasteiger partial charge in [-0.05, 0) is 43.1 Å². The number of halogens is 1. The molecule has 0 aliphatic carbocycles. The molecule has 0 radical (unpaired) electrons. The van der Waals surface area contributed by atoms with Crippen LogP contribution in [0.4, 0.5) is 0 Å². The highest BCUT2D eigenvalue weighted by Crippen LogP contribution is 2.34. The van der Waals surface area contributed by atoms with Crippen LogP contribution in [-0.4, -0.2) is 21.9 Å². The third-order valence-corrected chi connectivity index (χ3v) is 6.68. The van der Waals surface area contributed by atoms with E-state index in [0.29, 0.717) is 11.2 Å². The van der Waals surface area contributed by atoms with E-state index in [1.54, 1.807) is 11.3 Å². The van der Waals surface area contributed by atoms with Crippen molar-refractivity contribution in [2.45, 2.75) is 19.5 Å². The summed E-state index contributed by atoms with van der Waals surface area (Å²) in [4.78, 5) is 24.6. The molecule has 3 heterocycles. The van der Waals surface area contributed by atoms with Crippen molar-refractivity contribution >= 4 is 44.5 Å². The zero-order valence-corrected chi connectivity index (χ0v) is 17.3. The Morgan fingerprint density at radius 1 is 1.22 bits per heavy atom. The number of fused-ring (bicyclic) bond motifs is 1. The van der Waals surface area contributed by atoms with Crippen molar-refractivity contribution in [1.82, 2.24) is 14.9 Å². The molecule has 1 N–H and O–H groups in total. The van der Waals surface area contributed by atoms with E-state index in [4.69, 9.17) is 16.6 Å². The van der Waals surface area contributed by atoms with Gasteiger partial charge < -0.3 is 4.98 Å². The predicted molar refractivity (Wildman–Crippen MR) is 115 cm³/mol.